The van der Waals surface area contributed by atoms with E-state index >= 15 is 0 Å². The number of nitrogens with two attached hydrogens (primary N) is 1. The number of rotatable bonds is 4. The van der Waals surface area contributed by atoms with Crippen molar-refractivity contribution in [1.82, 2.24) is 9.55 Å². The molecule has 4 heteroatoms. The number of aromatic nitrogens is 2. The standard InChI is InChI=1S/C15H21N3O/c1-15(2,3)14-10-18(11-17-14)12-5-4-6-13(9-12)19-8-7-16/h4-6,9-11H,7-8,16H2,1-3H3. The molecule has 1 heterocycles. The molecule has 0 atom stereocenters. The van der Waals surface area contributed by atoms with Crippen molar-refractivity contribution in [2.24, 2.45) is 5.73 Å². The van der Waals surface area contributed by atoms with Crippen molar-refractivity contribution in [2.75, 3.05) is 13.2 Å². The maximum absolute atomic E-state index is 5.53. The fraction of sp³-hybridized carbons (Fsp3) is 0.400. The van der Waals surface area contributed by atoms with Crippen LogP contribution >= 0.6 is 0 Å². The predicted octanol–water partition coefficient (Wildman–Crippen LogP) is 2.51. The first-order valence-corrected chi connectivity index (χ1v) is 6.48. The normalized spacial score (nSPS) is 11.6. The first-order valence-electron chi connectivity index (χ1n) is 6.48. The van der Waals surface area contributed by atoms with E-state index < -0.39 is 0 Å². The van der Waals surface area contributed by atoms with Gasteiger partial charge < -0.3 is 15.0 Å². The van der Waals surface area contributed by atoms with E-state index in [1.54, 1.807) is 0 Å². The van der Waals surface area contributed by atoms with Crippen LogP contribution in [-0.4, -0.2) is 22.7 Å². The maximum Gasteiger partial charge on any atom is 0.121 e. The zero-order valence-corrected chi connectivity index (χ0v) is 11.8. The van der Waals surface area contributed by atoms with Crippen LogP contribution in [0.1, 0.15) is 26.5 Å². The van der Waals surface area contributed by atoms with Crippen LogP contribution in [0.5, 0.6) is 5.75 Å². The average molecular weight is 259 g/mol. The number of hydrogen-bond donors (Lipinski definition) is 1. The van der Waals surface area contributed by atoms with Gasteiger partial charge in [0.25, 0.3) is 0 Å². The Morgan fingerprint density at radius 2 is 2.11 bits per heavy atom. The highest BCUT2D eigenvalue weighted by molar-refractivity contribution is 5.39. The summed E-state index contributed by atoms with van der Waals surface area (Å²) in [7, 11) is 0. The lowest BCUT2D eigenvalue weighted by molar-refractivity contribution is 0.328. The van der Waals surface area contributed by atoms with Gasteiger partial charge in [0.2, 0.25) is 0 Å². The number of ether oxygens (including phenoxy) is 1. The number of benzene rings is 1. The second kappa shape index (κ2) is 5.45. The van der Waals surface area contributed by atoms with Gasteiger partial charge in [-0.15, -0.1) is 0 Å². The molecule has 0 radical (unpaired) electrons. The minimum absolute atomic E-state index is 0.0545. The smallest absolute Gasteiger partial charge is 0.121 e. The van der Waals surface area contributed by atoms with Crippen LogP contribution in [0, 0.1) is 0 Å². The van der Waals surface area contributed by atoms with Gasteiger partial charge in [0.1, 0.15) is 12.4 Å². The lowest BCUT2D eigenvalue weighted by Crippen LogP contribution is -2.11. The second-order valence-electron chi connectivity index (χ2n) is 5.55. The van der Waals surface area contributed by atoms with Crippen LogP contribution in [0.2, 0.25) is 0 Å². The Labute approximate surface area is 114 Å². The lowest BCUT2D eigenvalue weighted by atomic mass is 9.93. The Kier molecular flexibility index (Phi) is 3.90. The molecule has 102 valence electrons. The van der Waals surface area contributed by atoms with Crippen LogP contribution in [-0.2, 0) is 5.41 Å². The van der Waals surface area contributed by atoms with Crippen molar-refractivity contribution in [3.63, 3.8) is 0 Å². The zero-order valence-electron chi connectivity index (χ0n) is 11.8. The summed E-state index contributed by atoms with van der Waals surface area (Å²) in [5, 5.41) is 0. The van der Waals surface area contributed by atoms with Crippen molar-refractivity contribution in [1.29, 1.82) is 0 Å². The van der Waals surface area contributed by atoms with Gasteiger partial charge in [0.15, 0.2) is 0 Å². The third-order valence-electron chi connectivity index (χ3n) is 2.85. The van der Waals surface area contributed by atoms with Crippen LogP contribution in [0.25, 0.3) is 5.69 Å². The van der Waals surface area contributed by atoms with Crippen LogP contribution < -0.4 is 10.5 Å². The van der Waals surface area contributed by atoms with Gasteiger partial charge in [-0.25, -0.2) is 4.98 Å². The number of imidazole rings is 1. The average Bonchev–Trinajstić information content (AvgIpc) is 2.86. The van der Waals surface area contributed by atoms with Crippen molar-refractivity contribution in [3.8, 4) is 11.4 Å². The molecule has 2 N–H and O–H groups in total. The number of nitrogens with zero attached hydrogens (tertiary/aromatic N) is 2. The maximum atomic E-state index is 5.53. The van der Waals surface area contributed by atoms with Gasteiger partial charge in [0.05, 0.1) is 17.7 Å². The van der Waals surface area contributed by atoms with Crippen LogP contribution in [0.15, 0.2) is 36.8 Å². The van der Waals surface area contributed by atoms with E-state index in [4.69, 9.17) is 10.5 Å². The first kappa shape index (κ1) is 13.6. The highest BCUT2D eigenvalue weighted by atomic mass is 16.5. The molecular formula is C15H21N3O. The van der Waals surface area contributed by atoms with E-state index in [2.05, 4.69) is 32.0 Å². The molecule has 0 aliphatic heterocycles. The van der Waals surface area contributed by atoms with Gasteiger partial charge in [0, 0.05) is 24.2 Å². The quantitative estimate of drug-likeness (QED) is 0.918. The lowest BCUT2D eigenvalue weighted by Gasteiger charge is -2.14. The van der Waals surface area contributed by atoms with Gasteiger partial charge in [-0.3, -0.25) is 0 Å². The third-order valence-corrected chi connectivity index (χ3v) is 2.85. The molecule has 0 bridgehead atoms. The predicted molar refractivity (Wildman–Crippen MR) is 76.8 cm³/mol. The van der Waals surface area contributed by atoms with Crippen LogP contribution in [0.4, 0.5) is 0 Å². The molecule has 0 aliphatic carbocycles. The molecule has 1 aromatic heterocycles. The molecule has 2 rings (SSSR count). The Hall–Kier alpha value is -1.81. The molecule has 1 aromatic carbocycles. The third kappa shape index (κ3) is 3.35. The minimum atomic E-state index is 0.0545. The van der Waals surface area contributed by atoms with Crippen molar-refractivity contribution in [3.05, 3.63) is 42.5 Å². The number of hydrogen-bond acceptors (Lipinski definition) is 3. The van der Waals surface area contributed by atoms with E-state index in [1.165, 1.54) is 0 Å². The second-order valence-corrected chi connectivity index (χ2v) is 5.55. The molecular weight excluding hydrogens is 238 g/mol. The summed E-state index contributed by atoms with van der Waals surface area (Å²) in [5.74, 6) is 0.828. The minimum Gasteiger partial charge on any atom is -0.492 e. The van der Waals surface area contributed by atoms with E-state index in [0.717, 1.165) is 17.1 Å². The summed E-state index contributed by atoms with van der Waals surface area (Å²) < 4.78 is 7.54. The molecule has 0 saturated heterocycles. The molecule has 19 heavy (non-hydrogen) atoms. The highest BCUT2D eigenvalue weighted by Crippen LogP contribution is 2.22. The molecule has 0 spiro atoms. The van der Waals surface area contributed by atoms with E-state index in [0.29, 0.717) is 13.2 Å². The summed E-state index contributed by atoms with van der Waals surface area (Å²) >= 11 is 0. The molecule has 4 nitrogen and oxygen atoms in total. The van der Waals surface area contributed by atoms with Crippen LogP contribution in [0.3, 0.4) is 0 Å². The van der Waals surface area contributed by atoms with E-state index in [1.807, 2.05) is 35.2 Å². The zero-order chi connectivity index (χ0) is 13.9. The van der Waals surface area contributed by atoms with Crippen molar-refractivity contribution < 1.29 is 4.74 Å². The molecule has 0 fully saturated rings. The Balaban J connectivity index is 2.24. The van der Waals surface area contributed by atoms with Gasteiger partial charge in [-0.05, 0) is 12.1 Å². The summed E-state index contributed by atoms with van der Waals surface area (Å²) in [6.45, 7) is 7.51. The molecule has 0 aliphatic rings. The Morgan fingerprint density at radius 3 is 2.74 bits per heavy atom. The molecule has 2 aromatic rings. The van der Waals surface area contributed by atoms with Gasteiger partial charge >= 0.3 is 0 Å². The molecule has 0 saturated carbocycles. The Morgan fingerprint density at radius 1 is 1.32 bits per heavy atom. The molecule has 0 unspecified atom stereocenters. The first-order chi connectivity index (χ1) is 9.00. The van der Waals surface area contributed by atoms with Gasteiger partial charge in [-0.2, -0.15) is 0 Å². The Bertz CT molecular complexity index is 540. The van der Waals surface area contributed by atoms with Crippen molar-refractivity contribution >= 4 is 0 Å². The topological polar surface area (TPSA) is 53.1 Å². The fourth-order valence-corrected chi connectivity index (χ4v) is 1.76. The van der Waals surface area contributed by atoms with Gasteiger partial charge in [-0.1, -0.05) is 26.8 Å². The van der Waals surface area contributed by atoms with E-state index in [-0.39, 0.29) is 5.41 Å². The summed E-state index contributed by atoms with van der Waals surface area (Å²) in [4.78, 5) is 4.46. The largest absolute Gasteiger partial charge is 0.492 e. The summed E-state index contributed by atoms with van der Waals surface area (Å²) in [5.41, 5.74) is 7.60. The summed E-state index contributed by atoms with van der Waals surface area (Å²) in [6, 6.07) is 7.92. The van der Waals surface area contributed by atoms with Crippen molar-refractivity contribution in [2.45, 2.75) is 26.2 Å². The SMILES string of the molecule is CC(C)(C)c1cn(-c2cccc(OCCN)c2)cn1. The molecule has 0 amide bonds. The van der Waals surface area contributed by atoms with E-state index in [9.17, 15) is 0 Å². The summed E-state index contributed by atoms with van der Waals surface area (Å²) in [6.07, 6.45) is 3.89. The highest BCUT2D eigenvalue weighted by Gasteiger charge is 2.16. The fourth-order valence-electron chi connectivity index (χ4n) is 1.76. The monoisotopic (exact) mass is 259 g/mol.